The van der Waals surface area contributed by atoms with Gasteiger partial charge in [0, 0.05) is 30.9 Å². The summed E-state index contributed by atoms with van der Waals surface area (Å²) < 4.78 is 11.3. The highest BCUT2D eigenvalue weighted by Crippen LogP contribution is 2.23. The van der Waals surface area contributed by atoms with Crippen molar-refractivity contribution < 1.29 is 13.9 Å². The predicted octanol–water partition coefficient (Wildman–Crippen LogP) is 2.77. The van der Waals surface area contributed by atoms with Crippen LogP contribution in [0.1, 0.15) is 28.9 Å². The van der Waals surface area contributed by atoms with Crippen molar-refractivity contribution in [2.75, 3.05) is 32.8 Å². The van der Waals surface area contributed by atoms with E-state index in [4.69, 9.17) is 9.15 Å². The van der Waals surface area contributed by atoms with Crippen LogP contribution in [0.5, 0.6) is 0 Å². The fraction of sp³-hybridized carbons (Fsp3) is 0.500. The lowest BCUT2D eigenvalue weighted by atomic mass is 10.1. The Bertz CT molecular complexity index is 632. The van der Waals surface area contributed by atoms with Crippen molar-refractivity contribution >= 4 is 17.2 Å². The van der Waals surface area contributed by atoms with Gasteiger partial charge in [-0.05, 0) is 36.9 Å². The Labute approximate surface area is 146 Å². The average molecular weight is 348 g/mol. The van der Waals surface area contributed by atoms with Gasteiger partial charge in [-0.3, -0.25) is 9.69 Å². The molecule has 1 N–H and O–H groups in total. The van der Waals surface area contributed by atoms with Gasteiger partial charge in [0.25, 0.3) is 0 Å². The van der Waals surface area contributed by atoms with Gasteiger partial charge in [-0.25, -0.2) is 0 Å². The molecule has 0 saturated carbocycles. The summed E-state index contributed by atoms with van der Waals surface area (Å²) >= 11 is 1.69. The summed E-state index contributed by atoms with van der Waals surface area (Å²) in [5.74, 6) is 1.89. The van der Waals surface area contributed by atoms with Gasteiger partial charge >= 0.3 is 0 Å². The van der Waals surface area contributed by atoms with Gasteiger partial charge in [0.1, 0.15) is 11.5 Å². The first-order chi connectivity index (χ1) is 11.7. The number of rotatable bonds is 7. The lowest BCUT2D eigenvalue weighted by Crippen LogP contribution is -2.43. The number of hydrogen-bond acceptors (Lipinski definition) is 5. The molecule has 130 valence electrons. The third-order valence-corrected chi connectivity index (χ3v) is 5.18. The molecule has 1 unspecified atom stereocenters. The normalized spacial score (nSPS) is 16.9. The van der Waals surface area contributed by atoms with E-state index in [0.29, 0.717) is 13.0 Å². The van der Waals surface area contributed by atoms with Gasteiger partial charge in [-0.15, -0.1) is 11.3 Å². The second kappa shape index (κ2) is 8.46. The number of thiophene rings is 1. The highest BCUT2D eigenvalue weighted by Gasteiger charge is 2.25. The molecule has 24 heavy (non-hydrogen) atoms. The van der Waals surface area contributed by atoms with Crippen molar-refractivity contribution in [3.63, 3.8) is 0 Å². The molecule has 0 radical (unpaired) electrons. The molecule has 1 saturated heterocycles. The second-order valence-corrected chi connectivity index (χ2v) is 7.03. The van der Waals surface area contributed by atoms with E-state index in [0.717, 1.165) is 44.2 Å². The minimum absolute atomic E-state index is 0.0632. The largest absolute Gasteiger partial charge is 0.465 e. The molecule has 6 heteroatoms. The van der Waals surface area contributed by atoms with Crippen LogP contribution in [0.15, 0.2) is 34.1 Å². The number of ether oxygens (including phenoxy) is 1. The summed E-state index contributed by atoms with van der Waals surface area (Å²) in [5.41, 5.74) is 0. The van der Waals surface area contributed by atoms with Gasteiger partial charge in [0.2, 0.25) is 5.91 Å². The lowest BCUT2D eigenvalue weighted by Gasteiger charge is -2.33. The Kier molecular flexibility index (Phi) is 6.07. The quantitative estimate of drug-likeness (QED) is 0.836. The number of morpholine rings is 1. The van der Waals surface area contributed by atoms with Crippen LogP contribution in [0.3, 0.4) is 0 Å². The molecule has 0 bridgehead atoms. The Balaban J connectivity index is 1.55. The van der Waals surface area contributed by atoms with Crippen molar-refractivity contribution in [1.29, 1.82) is 0 Å². The summed E-state index contributed by atoms with van der Waals surface area (Å²) in [6, 6.07) is 8.13. The standard InChI is InChI=1S/C18H24N2O3S/c1-14-4-6-17(23-14)16(20-8-10-22-11-9-20)13-19-18(21)7-5-15-3-2-12-24-15/h2-4,6,12,16H,5,7-11,13H2,1H3,(H,19,21). The molecule has 1 atom stereocenters. The first-order valence-corrected chi connectivity index (χ1v) is 9.27. The van der Waals surface area contributed by atoms with E-state index in [1.165, 1.54) is 4.88 Å². The Morgan fingerprint density at radius 1 is 1.33 bits per heavy atom. The SMILES string of the molecule is Cc1ccc(C(CNC(=O)CCc2cccs2)N2CCOCC2)o1. The minimum atomic E-state index is 0.0632. The summed E-state index contributed by atoms with van der Waals surface area (Å²) in [7, 11) is 0. The second-order valence-electron chi connectivity index (χ2n) is 6.00. The monoisotopic (exact) mass is 348 g/mol. The predicted molar refractivity (Wildman–Crippen MR) is 94.2 cm³/mol. The van der Waals surface area contributed by atoms with Crippen LogP contribution in [0.4, 0.5) is 0 Å². The molecule has 2 aromatic rings. The summed E-state index contributed by atoms with van der Waals surface area (Å²) in [6.45, 7) is 5.67. The molecule has 2 aromatic heterocycles. The van der Waals surface area contributed by atoms with Crippen LogP contribution in [-0.4, -0.2) is 43.7 Å². The van der Waals surface area contributed by atoms with Crippen LogP contribution in [0.2, 0.25) is 0 Å². The fourth-order valence-corrected chi connectivity index (χ4v) is 3.63. The van der Waals surface area contributed by atoms with Crippen molar-refractivity contribution in [2.24, 2.45) is 0 Å². The number of carbonyl (C=O) groups is 1. The maximum Gasteiger partial charge on any atom is 0.220 e. The molecular weight excluding hydrogens is 324 g/mol. The smallest absolute Gasteiger partial charge is 0.220 e. The van der Waals surface area contributed by atoms with E-state index < -0.39 is 0 Å². The summed E-state index contributed by atoms with van der Waals surface area (Å²) in [6.07, 6.45) is 1.32. The Morgan fingerprint density at radius 3 is 2.83 bits per heavy atom. The molecule has 3 rings (SSSR count). The van der Waals surface area contributed by atoms with Crippen LogP contribution in [0, 0.1) is 6.92 Å². The van der Waals surface area contributed by atoms with E-state index in [1.807, 2.05) is 30.5 Å². The lowest BCUT2D eigenvalue weighted by molar-refractivity contribution is -0.121. The van der Waals surface area contributed by atoms with Crippen molar-refractivity contribution in [2.45, 2.75) is 25.8 Å². The molecule has 0 aromatic carbocycles. The maximum atomic E-state index is 12.2. The highest BCUT2D eigenvalue weighted by atomic mass is 32.1. The Hall–Kier alpha value is -1.63. The molecule has 1 amide bonds. The first-order valence-electron chi connectivity index (χ1n) is 8.39. The fourth-order valence-electron chi connectivity index (χ4n) is 2.92. The topological polar surface area (TPSA) is 54.7 Å². The zero-order valence-electron chi connectivity index (χ0n) is 14.0. The van der Waals surface area contributed by atoms with E-state index in [9.17, 15) is 4.79 Å². The number of hydrogen-bond donors (Lipinski definition) is 1. The van der Waals surface area contributed by atoms with Crippen molar-refractivity contribution in [3.8, 4) is 0 Å². The Morgan fingerprint density at radius 2 is 2.17 bits per heavy atom. The van der Waals surface area contributed by atoms with Crippen molar-refractivity contribution in [3.05, 3.63) is 46.0 Å². The van der Waals surface area contributed by atoms with Crippen molar-refractivity contribution in [1.82, 2.24) is 10.2 Å². The van der Waals surface area contributed by atoms with Crippen LogP contribution in [-0.2, 0) is 16.0 Å². The number of amides is 1. The van der Waals surface area contributed by atoms with Gasteiger partial charge in [-0.2, -0.15) is 0 Å². The van der Waals surface area contributed by atoms with Crippen LogP contribution < -0.4 is 5.32 Å². The summed E-state index contributed by atoms with van der Waals surface area (Å²) in [4.78, 5) is 15.7. The number of carbonyl (C=O) groups excluding carboxylic acids is 1. The van der Waals surface area contributed by atoms with Gasteiger partial charge in [0.15, 0.2) is 0 Å². The van der Waals surface area contributed by atoms with Crippen LogP contribution in [0.25, 0.3) is 0 Å². The molecular formula is C18H24N2O3S. The first kappa shape index (κ1) is 17.2. The molecule has 3 heterocycles. The van der Waals surface area contributed by atoms with Crippen LogP contribution >= 0.6 is 11.3 Å². The summed E-state index contributed by atoms with van der Waals surface area (Å²) in [5, 5.41) is 5.12. The maximum absolute atomic E-state index is 12.2. The molecule has 0 aliphatic carbocycles. The molecule has 0 spiro atoms. The van der Waals surface area contributed by atoms with Gasteiger partial charge < -0.3 is 14.5 Å². The van der Waals surface area contributed by atoms with Gasteiger partial charge in [0.05, 0.1) is 19.3 Å². The number of furan rings is 1. The zero-order valence-corrected chi connectivity index (χ0v) is 14.8. The minimum Gasteiger partial charge on any atom is -0.465 e. The molecule has 5 nitrogen and oxygen atoms in total. The number of aryl methyl sites for hydroxylation is 2. The van der Waals surface area contributed by atoms with E-state index in [2.05, 4.69) is 16.3 Å². The third-order valence-electron chi connectivity index (χ3n) is 4.25. The van der Waals surface area contributed by atoms with E-state index >= 15 is 0 Å². The zero-order chi connectivity index (χ0) is 16.8. The van der Waals surface area contributed by atoms with E-state index in [1.54, 1.807) is 11.3 Å². The molecule has 1 aliphatic heterocycles. The number of nitrogens with one attached hydrogen (secondary N) is 1. The molecule has 1 fully saturated rings. The third kappa shape index (κ3) is 4.69. The van der Waals surface area contributed by atoms with E-state index in [-0.39, 0.29) is 11.9 Å². The average Bonchev–Trinajstić information content (AvgIpc) is 3.26. The van der Waals surface area contributed by atoms with Gasteiger partial charge in [-0.1, -0.05) is 6.07 Å². The number of nitrogens with zero attached hydrogens (tertiary/aromatic N) is 1. The molecule has 1 aliphatic rings. The highest BCUT2D eigenvalue weighted by molar-refractivity contribution is 7.09.